The number of amides is 1. The molecule has 3 N–H and O–H groups in total. The summed E-state index contributed by atoms with van der Waals surface area (Å²) >= 11 is 0. The van der Waals surface area contributed by atoms with E-state index in [0.717, 1.165) is 18.9 Å². The average molecular weight is 294 g/mol. The maximum absolute atomic E-state index is 13.9. The SMILES string of the molecule is CCC1CCN(c2cccc(F)c2C(N)=O)C(C(=O)O)C1. The summed E-state index contributed by atoms with van der Waals surface area (Å²) in [6.45, 7) is 2.50. The highest BCUT2D eigenvalue weighted by atomic mass is 19.1. The van der Waals surface area contributed by atoms with Gasteiger partial charge in [-0.3, -0.25) is 4.79 Å². The fourth-order valence-corrected chi connectivity index (χ4v) is 2.93. The van der Waals surface area contributed by atoms with Gasteiger partial charge in [-0.25, -0.2) is 9.18 Å². The number of primary amides is 1. The molecule has 1 amide bonds. The standard InChI is InChI=1S/C15H19FN2O3/c1-2-9-6-7-18(12(8-9)15(20)21)11-5-3-4-10(16)13(11)14(17)19/h3-5,9,12H,2,6-8H2,1H3,(H2,17,19)(H,20,21). The Balaban J connectivity index is 2.42. The highest BCUT2D eigenvalue weighted by Gasteiger charge is 2.34. The summed E-state index contributed by atoms with van der Waals surface area (Å²) in [5.41, 5.74) is 5.27. The van der Waals surface area contributed by atoms with Crippen LogP contribution in [0.4, 0.5) is 10.1 Å². The molecule has 5 nitrogen and oxygen atoms in total. The smallest absolute Gasteiger partial charge is 0.326 e. The number of benzene rings is 1. The summed E-state index contributed by atoms with van der Waals surface area (Å²) in [5.74, 6) is -2.24. The van der Waals surface area contributed by atoms with Gasteiger partial charge >= 0.3 is 5.97 Å². The van der Waals surface area contributed by atoms with E-state index >= 15 is 0 Å². The van der Waals surface area contributed by atoms with Crippen molar-refractivity contribution in [1.82, 2.24) is 0 Å². The first-order valence-electron chi connectivity index (χ1n) is 7.03. The minimum atomic E-state index is -0.965. The van der Waals surface area contributed by atoms with Gasteiger partial charge in [0.1, 0.15) is 11.9 Å². The largest absolute Gasteiger partial charge is 0.480 e. The molecule has 0 spiro atoms. The zero-order chi connectivity index (χ0) is 15.6. The highest BCUT2D eigenvalue weighted by molar-refractivity contribution is 5.99. The summed E-state index contributed by atoms with van der Waals surface area (Å²) in [4.78, 5) is 24.6. The Hall–Kier alpha value is -2.11. The molecule has 1 aromatic carbocycles. The van der Waals surface area contributed by atoms with Gasteiger partial charge in [-0.1, -0.05) is 19.4 Å². The van der Waals surface area contributed by atoms with Gasteiger partial charge in [0.2, 0.25) is 0 Å². The van der Waals surface area contributed by atoms with Crippen LogP contribution in [0, 0.1) is 11.7 Å². The molecular weight excluding hydrogens is 275 g/mol. The minimum absolute atomic E-state index is 0.237. The first kappa shape index (κ1) is 15.3. The summed E-state index contributed by atoms with van der Waals surface area (Å²) < 4.78 is 13.9. The van der Waals surface area contributed by atoms with Crippen LogP contribution in [0.25, 0.3) is 0 Å². The van der Waals surface area contributed by atoms with E-state index in [1.54, 1.807) is 11.0 Å². The maximum atomic E-state index is 13.9. The Morgan fingerprint density at radius 1 is 1.48 bits per heavy atom. The van der Waals surface area contributed by atoms with Crippen LogP contribution >= 0.6 is 0 Å². The molecule has 1 aliphatic rings. The first-order chi connectivity index (χ1) is 9.95. The number of hydrogen-bond acceptors (Lipinski definition) is 3. The second-order valence-corrected chi connectivity index (χ2v) is 5.34. The van der Waals surface area contributed by atoms with Gasteiger partial charge in [-0.05, 0) is 30.9 Å². The summed E-state index contributed by atoms with van der Waals surface area (Å²) in [6, 6.07) is 3.40. The summed E-state index contributed by atoms with van der Waals surface area (Å²) in [6.07, 6.45) is 2.21. The molecule has 0 radical (unpaired) electrons. The molecule has 2 rings (SSSR count). The van der Waals surface area contributed by atoms with E-state index in [0.29, 0.717) is 18.9 Å². The number of halogens is 1. The van der Waals surface area contributed by atoms with Crippen molar-refractivity contribution in [3.05, 3.63) is 29.6 Å². The second kappa shape index (κ2) is 6.11. The van der Waals surface area contributed by atoms with Gasteiger partial charge < -0.3 is 15.7 Å². The van der Waals surface area contributed by atoms with E-state index in [4.69, 9.17) is 5.73 Å². The number of nitrogens with two attached hydrogens (primary N) is 1. The number of carboxylic acid groups (broad SMARTS) is 1. The monoisotopic (exact) mass is 294 g/mol. The molecule has 0 aliphatic carbocycles. The molecular formula is C15H19FN2O3. The van der Waals surface area contributed by atoms with Crippen molar-refractivity contribution >= 4 is 17.6 Å². The Kier molecular flexibility index (Phi) is 4.45. The molecule has 0 aromatic heterocycles. The predicted molar refractivity (Wildman–Crippen MR) is 76.7 cm³/mol. The first-order valence-corrected chi connectivity index (χ1v) is 7.03. The lowest BCUT2D eigenvalue weighted by atomic mass is 9.88. The topological polar surface area (TPSA) is 83.6 Å². The van der Waals surface area contributed by atoms with Gasteiger partial charge in [0.15, 0.2) is 0 Å². The number of carboxylic acids is 1. The zero-order valence-electron chi connectivity index (χ0n) is 11.9. The lowest BCUT2D eigenvalue weighted by molar-refractivity contribution is -0.139. The third kappa shape index (κ3) is 2.99. The molecule has 1 heterocycles. The average Bonchev–Trinajstić information content (AvgIpc) is 2.45. The van der Waals surface area contributed by atoms with Crippen molar-refractivity contribution in [2.45, 2.75) is 32.2 Å². The lowest BCUT2D eigenvalue weighted by Crippen LogP contribution is -2.48. The molecule has 1 fully saturated rings. The van der Waals surface area contributed by atoms with Crippen LogP contribution in [0.1, 0.15) is 36.5 Å². The minimum Gasteiger partial charge on any atom is -0.480 e. The maximum Gasteiger partial charge on any atom is 0.326 e. The normalized spacial score (nSPS) is 22.1. The number of rotatable bonds is 4. The van der Waals surface area contributed by atoms with Crippen LogP contribution in [0.2, 0.25) is 0 Å². The van der Waals surface area contributed by atoms with Crippen molar-refractivity contribution in [1.29, 1.82) is 0 Å². The molecule has 2 atom stereocenters. The highest BCUT2D eigenvalue weighted by Crippen LogP contribution is 2.32. The molecule has 0 bridgehead atoms. The molecule has 6 heteroatoms. The Labute approximate surface area is 122 Å². The number of piperidine rings is 1. The van der Waals surface area contributed by atoms with Gasteiger partial charge in [0, 0.05) is 6.54 Å². The number of carbonyl (C=O) groups excluding carboxylic acids is 1. The fourth-order valence-electron chi connectivity index (χ4n) is 2.93. The van der Waals surface area contributed by atoms with Gasteiger partial charge in [-0.15, -0.1) is 0 Å². The van der Waals surface area contributed by atoms with E-state index in [2.05, 4.69) is 0 Å². The van der Waals surface area contributed by atoms with Crippen LogP contribution in [-0.4, -0.2) is 29.6 Å². The Morgan fingerprint density at radius 2 is 2.19 bits per heavy atom. The summed E-state index contributed by atoms with van der Waals surface area (Å²) in [5, 5.41) is 9.43. The van der Waals surface area contributed by atoms with E-state index in [1.165, 1.54) is 6.07 Å². The molecule has 114 valence electrons. The van der Waals surface area contributed by atoms with E-state index < -0.39 is 23.7 Å². The fraction of sp³-hybridized carbons (Fsp3) is 0.467. The van der Waals surface area contributed by atoms with Crippen LogP contribution in [0.5, 0.6) is 0 Å². The lowest BCUT2D eigenvalue weighted by Gasteiger charge is -2.39. The number of anilines is 1. The molecule has 1 saturated heterocycles. The predicted octanol–water partition coefficient (Wildman–Crippen LogP) is 2.00. The number of carbonyl (C=O) groups is 2. The van der Waals surface area contributed by atoms with Gasteiger partial charge in [-0.2, -0.15) is 0 Å². The molecule has 0 saturated carbocycles. The summed E-state index contributed by atoms with van der Waals surface area (Å²) in [7, 11) is 0. The van der Waals surface area contributed by atoms with Gasteiger partial charge in [0.05, 0.1) is 11.3 Å². The van der Waals surface area contributed by atoms with Crippen LogP contribution < -0.4 is 10.6 Å². The van der Waals surface area contributed by atoms with Gasteiger partial charge in [0.25, 0.3) is 5.91 Å². The van der Waals surface area contributed by atoms with E-state index in [9.17, 15) is 19.1 Å². The van der Waals surface area contributed by atoms with Crippen molar-refractivity contribution in [3.8, 4) is 0 Å². The third-order valence-electron chi connectivity index (χ3n) is 4.12. The molecule has 1 aliphatic heterocycles. The van der Waals surface area contributed by atoms with Crippen molar-refractivity contribution in [2.75, 3.05) is 11.4 Å². The van der Waals surface area contributed by atoms with Crippen LogP contribution in [0.15, 0.2) is 18.2 Å². The number of hydrogen-bond donors (Lipinski definition) is 2. The number of nitrogens with zero attached hydrogens (tertiary/aromatic N) is 1. The molecule has 2 unspecified atom stereocenters. The zero-order valence-corrected chi connectivity index (χ0v) is 11.9. The molecule has 1 aromatic rings. The molecule has 21 heavy (non-hydrogen) atoms. The van der Waals surface area contributed by atoms with Crippen LogP contribution in [0.3, 0.4) is 0 Å². The van der Waals surface area contributed by atoms with Crippen molar-refractivity contribution in [3.63, 3.8) is 0 Å². The second-order valence-electron chi connectivity index (χ2n) is 5.34. The van der Waals surface area contributed by atoms with Crippen molar-refractivity contribution in [2.24, 2.45) is 11.7 Å². The number of aliphatic carboxylic acids is 1. The van der Waals surface area contributed by atoms with Crippen molar-refractivity contribution < 1.29 is 19.1 Å². The van der Waals surface area contributed by atoms with E-state index in [1.807, 2.05) is 6.92 Å². The Bertz CT molecular complexity index is 562. The van der Waals surface area contributed by atoms with E-state index in [-0.39, 0.29) is 11.3 Å². The third-order valence-corrected chi connectivity index (χ3v) is 4.12. The Morgan fingerprint density at radius 3 is 2.76 bits per heavy atom. The quantitative estimate of drug-likeness (QED) is 0.889. The van der Waals surface area contributed by atoms with Crippen LogP contribution in [-0.2, 0) is 4.79 Å².